The molecule has 0 amide bonds. The Hall–Kier alpha value is -1.84. The minimum absolute atomic E-state index is 0.805. The van der Waals surface area contributed by atoms with Gasteiger partial charge in [0.25, 0.3) is 0 Å². The van der Waals surface area contributed by atoms with Gasteiger partial charge in [0.2, 0.25) is 0 Å². The van der Waals surface area contributed by atoms with Gasteiger partial charge in [-0.3, -0.25) is 0 Å². The van der Waals surface area contributed by atoms with Gasteiger partial charge in [-0.1, -0.05) is 0 Å². The van der Waals surface area contributed by atoms with E-state index in [9.17, 15) is 0 Å². The van der Waals surface area contributed by atoms with Crippen LogP contribution in [0.4, 0.5) is 0 Å². The molecule has 2 aromatic heterocycles. The van der Waals surface area contributed by atoms with Crippen LogP contribution in [0.1, 0.15) is 0 Å². The topological polar surface area (TPSA) is 51.6 Å². The Balaban J connectivity index is 2.46. The molecule has 0 atom stereocenters. The molecule has 0 saturated heterocycles. The maximum absolute atomic E-state index is 4.04. The van der Waals surface area contributed by atoms with Gasteiger partial charge in [0.15, 0.2) is 0 Å². The van der Waals surface area contributed by atoms with Gasteiger partial charge in [0.1, 0.15) is 12.5 Å². The van der Waals surface area contributed by atoms with Gasteiger partial charge in [-0.25, -0.2) is 9.97 Å². The van der Waals surface area contributed by atoms with Crippen LogP contribution in [-0.2, 0) is 0 Å². The fourth-order valence-corrected chi connectivity index (χ4v) is 0.854. The van der Waals surface area contributed by atoms with E-state index < -0.39 is 0 Å². The van der Waals surface area contributed by atoms with Crippen molar-refractivity contribution in [3.8, 4) is 11.3 Å². The first-order valence-corrected chi connectivity index (χ1v) is 3.42. The molecule has 2 heterocycles. The second-order valence-corrected chi connectivity index (χ2v) is 2.15. The van der Waals surface area contributed by atoms with E-state index in [1.807, 2.05) is 0 Å². The van der Waals surface area contributed by atoms with Gasteiger partial charge in [-0.05, 0) is 12.1 Å². The number of hydrogen-bond acceptors (Lipinski definition) is 4. The molecule has 0 aliphatic carbocycles. The first kappa shape index (κ1) is 6.84. The van der Waals surface area contributed by atoms with Crippen molar-refractivity contribution < 1.29 is 0 Å². The lowest BCUT2D eigenvalue weighted by Gasteiger charge is -1.94. The fraction of sp³-hybridized carbons (Fsp3) is 0. The zero-order chi connectivity index (χ0) is 8.23. The molecule has 2 rings (SSSR count). The quantitative estimate of drug-likeness (QED) is 0.612. The second-order valence-electron chi connectivity index (χ2n) is 2.15. The Kier molecular flexibility index (Phi) is 1.74. The van der Waals surface area contributed by atoms with Crippen molar-refractivity contribution in [2.75, 3.05) is 0 Å². The van der Waals surface area contributed by atoms with Crippen LogP contribution in [0.2, 0.25) is 0 Å². The highest BCUT2D eigenvalue weighted by Crippen LogP contribution is 2.10. The molecule has 1 radical (unpaired) electrons. The molecule has 0 bridgehead atoms. The minimum atomic E-state index is 0.805. The highest BCUT2D eigenvalue weighted by molar-refractivity contribution is 5.55. The van der Waals surface area contributed by atoms with Crippen molar-refractivity contribution in [1.29, 1.82) is 0 Å². The molecule has 2 aromatic rings. The summed E-state index contributed by atoms with van der Waals surface area (Å²) >= 11 is 0. The molecular weight excluding hydrogens is 152 g/mol. The van der Waals surface area contributed by atoms with Crippen LogP contribution in [0.3, 0.4) is 0 Å². The summed E-state index contributed by atoms with van der Waals surface area (Å²) in [5.74, 6) is 0. The van der Waals surface area contributed by atoms with Crippen LogP contribution in [0.15, 0.2) is 30.9 Å². The van der Waals surface area contributed by atoms with E-state index in [-0.39, 0.29) is 0 Å². The third-order valence-corrected chi connectivity index (χ3v) is 1.39. The van der Waals surface area contributed by atoms with Gasteiger partial charge in [0.05, 0.1) is 11.9 Å². The van der Waals surface area contributed by atoms with Gasteiger partial charge in [-0.2, -0.15) is 5.10 Å². The Morgan fingerprint density at radius 1 is 1.17 bits per heavy atom. The maximum atomic E-state index is 4.04. The third kappa shape index (κ3) is 1.27. The van der Waals surface area contributed by atoms with Gasteiger partial charge in [0, 0.05) is 11.8 Å². The molecule has 0 saturated carbocycles. The normalized spacial score (nSPS) is 9.67. The fourth-order valence-electron chi connectivity index (χ4n) is 0.854. The van der Waals surface area contributed by atoms with Gasteiger partial charge in [-0.15, -0.1) is 5.10 Å². The monoisotopic (exact) mass is 157 g/mol. The number of hydrogen-bond donors (Lipinski definition) is 0. The molecule has 0 fully saturated rings. The largest absolute Gasteiger partial charge is 0.245 e. The standard InChI is InChI=1S/C8H5N4/c1-4-11-12-5-7(1)8-2-3-9-6-10-8/h1-4,6H. The SMILES string of the molecule is [c]1nnccc1-c1ccncn1. The molecule has 0 spiro atoms. The van der Waals surface area contributed by atoms with Crippen LogP contribution in [-0.4, -0.2) is 20.2 Å². The van der Waals surface area contributed by atoms with Crippen LogP contribution < -0.4 is 0 Å². The summed E-state index contributed by atoms with van der Waals surface area (Å²) in [7, 11) is 0. The van der Waals surface area contributed by atoms with E-state index in [1.165, 1.54) is 6.33 Å². The summed E-state index contributed by atoms with van der Waals surface area (Å²) in [5.41, 5.74) is 1.63. The van der Waals surface area contributed by atoms with Gasteiger partial charge >= 0.3 is 0 Å². The Morgan fingerprint density at radius 2 is 2.17 bits per heavy atom. The summed E-state index contributed by atoms with van der Waals surface area (Å²) < 4.78 is 0. The van der Waals surface area contributed by atoms with Gasteiger partial charge < -0.3 is 0 Å². The van der Waals surface area contributed by atoms with E-state index >= 15 is 0 Å². The smallest absolute Gasteiger partial charge is 0.123 e. The third-order valence-electron chi connectivity index (χ3n) is 1.39. The maximum Gasteiger partial charge on any atom is 0.123 e. The second kappa shape index (κ2) is 3.04. The van der Waals surface area contributed by atoms with Crippen molar-refractivity contribution in [3.05, 3.63) is 37.1 Å². The molecule has 57 valence electrons. The van der Waals surface area contributed by atoms with Crippen LogP contribution in [0.25, 0.3) is 11.3 Å². The Bertz CT molecular complexity index is 308. The van der Waals surface area contributed by atoms with E-state index in [1.54, 1.807) is 24.5 Å². The summed E-state index contributed by atoms with van der Waals surface area (Å²) in [6.07, 6.45) is 7.51. The lowest BCUT2D eigenvalue weighted by atomic mass is 10.2. The van der Waals surface area contributed by atoms with E-state index in [0.29, 0.717) is 0 Å². The van der Waals surface area contributed by atoms with Crippen LogP contribution >= 0.6 is 0 Å². The first-order valence-electron chi connectivity index (χ1n) is 3.42. The summed E-state index contributed by atoms with van der Waals surface area (Å²) in [6, 6.07) is 3.60. The number of nitrogens with zero attached hydrogens (tertiary/aromatic N) is 4. The molecule has 0 aliphatic heterocycles. The molecule has 0 unspecified atom stereocenters. The first-order chi connectivity index (χ1) is 5.97. The molecule has 12 heavy (non-hydrogen) atoms. The van der Waals surface area contributed by atoms with Crippen molar-refractivity contribution in [3.63, 3.8) is 0 Å². The van der Waals surface area contributed by atoms with Crippen LogP contribution in [0, 0.1) is 6.20 Å². The Labute approximate surface area is 69.3 Å². The zero-order valence-electron chi connectivity index (χ0n) is 6.18. The summed E-state index contributed by atoms with van der Waals surface area (Å²) in [6.45, 7) is 0. The molecule has 0 N–H and O–H groups in total. The lowest BCUT2D eigenvalue weighted by molar-refractivity contribution is 1.02. The molecule has 4 nitrogen and oxygen atoms in total. The highest BCUT2D eigenvalue weighted by atomic mass is 15.1. The van der Waals surface area contributed by atoms with Crippen molar-refractivity contribution in [1.82, 2.24) is 20.2 Å². The highest BCUT2D eigenvalue weighted by Gasteiger charge is 1.96. The van der Waals surface area contributed by atoms with E-state index in [2.05, 4.69) is 26.4 Å². The summed E-state index contributed by atoms with van der Waals surface area (Å²) in [4.78, 5) is 7.85. The van der Waals surface area contributed by atoms with Crippen LogP contribution in [0.5, 0.6) is 0 Å². The lowest BCUT2D eigenvalue weighted by Crippen LogP contribution is -1.86. The number of rotatable bonds is 1. The predicted molar refractivity (Wildman–Crippen MR) is 41.9 cm³/mol. The van der Waals surface area contributed by atoms with Crippen molar-refractivity contribution >= 4 is 0 Å². The van der Waals surface area contributed by atoms with E-state index in [0.717, 1.165) is 11.3 Å². The minimum Gasteiger partial charge on any atom is -0.245 e. The average molecular weight is 157 g/mol. The Morgan fingerprint density at radius 3 is 2.83 bits per heavy atom. The zero-order valence-corrected chi connectivity index (χ0v) is 6.18. The average Bonchev–Trinajstić information content (AvgIpc) is 2.21. The molecule has 0 aliphatic rings. The molecular formula is C8H5N4. The molecule has 4 heteroatoms. The summed E-state index contributed by atoms with van der Waals surface area (Å²) in [5, 5.41) is 7.25. The number of aromatic nitrogens is 4. The molecule has 0 aromatic carbocycles. The van der Waals surface area contributed by atoms with Crippen molar-refractivity contribution in [2.24, 2.45) is 0 Å². The van der Waals surface area contributed by atoms with Crippen molar-refractivity contribution in [2.45, 2.75) is 0 Å². The predicted octanol–water partition coefficient (Wildman–Crippen LogP) is 0.734. The van der Waals surface area contributed by atoms with E-state index in [4.69, 9.17) is 0 Å².